The van der Waals surface area contributed by atoms with Crippen molar-refractivity contribution in [3.8, 4) is 0 Å². The lowest BCUT2D eigenvalue weighted by atomic mass is 10.1. The molecule has 0 aliphatic carbocycles. The molecule has 0 bridgehead atoms. The number of nitrogens with zero attached hydrogens (tertiary/aromatic N) is 2. The molecule has 0 radical (unpaired) electrons. The molecule has 3 rings (SSSR count). The van der Waals surface area contributed by atoms with Crippen molar-refractivity contribution in [2.24, 2.45) is 0 Å². The van der Waals surface area contributed by atoms with Crippen LogP contribution in [0.3, 0.4) is 0 Å². The zero-order valence-electron chi connectivity index (χ0n) is 13.2. The molecular weight excluding hydrogens is 306 g/mol. The summed E-state index contributed by atoms with van der Waals surface area (Å²) in [7, 11) is 0. The molecule has 0 atom stereocenters. The van der Waals surface area contributed by atoms with Crippen LogP contribution in [0.5, 0.6) is 0 Å². The second-order valence-corrected chi connectivity index (χ2v) is 5.21. The smallest absolute Gasteiger partial charge is 0.274 e. The first-order valence-corrected chi connectivity index (χ1v) is 7.66. The maximum absolute atomic E-state index is 12.7. The molecule has 24 heavy (non-hydrogen) atoms. The first-order valence-electron chi connectivity index (χ1n) is 7.66. The van der Waals surface area contributed by atoms with E-state index in [4.69, 9.17) is 4.84 Å². The molecule has 0 unspecified atom stereocenters. The second kappa shape index (κ2) is 7.06. The van der Waals surface area contributed by atoms with Crippen LogP contribution in [0.2, 0.25) is 0 Å². The van der Waals surface area contributed by atoms with Crippen molar-refractivity contribution in [2.45, 2.75) is 13.5 Å². The highest BCUT2D eigenvalue weighted by Crippen LogP contribution is 2.13. The zero-order valence-corrected chi connectivity index (χ0v) is 13.2. The van der Waals surface area contributed by atoms with Crippen molar-refractivity contribution in [1.29, 1.82) is 0 Å². The number of hydroxylamine groups is 1. The Labute approximate surface area is 138 Å². The number of carbonyl (C=O) groups excluding carboxylic acids is 1. The fourth-order valence-corrected chi connectivity index (χ4v) is 2.45. The first kappa shape index (κ1) is 15.9. The minimum Gasteiger partial charge on any atom is -0.274 e. The lowest BCUT2D eigenvalue weighted by Crippen LogP contribution is -2.31. The summed E-state index contributed by atoms with van der Waals surface area (Å²) in [5.41, 5.74) is 3.19. The van der Waals surface area contributed by atoms with Gasteiger partial charge in [0.05, 0.1) is 18.5 Å². The van der Waals surface area contributed by atoms with E-state index in [0.717, 1.165) is 5.56 Å². The Morgan fingerprint density at radius 3 is 2.46 bits per heavy atom. The number of rotatable bonds is 5. The quantitative estimate of drug-likeness (QED) is 0.730. The summed E-state index contributed by atoms with van der Waals surface area (Å²) >= 11 is 0. The van der Waals surface area contributed by atoms with Crippen LogP contribution >= 0.6 is 0 Å². The maximum atomic E-state index is 12.7. The van der Waals surface area contributed by atoms with Gasteiger partial charge in [-0.3, -0.25) is 14.4 Å². The zero-order chi connectivity index (χ0) is 16.9. The predicted octanol–water partition coefficient (Wildman–Crippen LogP) is 2.13. The maximum Gasteiger partial charge on any atom is 0.295 e. The van der Waals surface area contributed by atoms with Crippen molar-refractivity contribution in [1.82, 2.24) is 15.3 Å². The summed E-state index contributed by atoms with van der Waals surface area (Å²) in [5.74, 6) is -0.477. The molecular formula is C18H17N3O3. The number of fused-ring (bicyclic) bond motifs is 1. The van der Waals surface area contributed by atoms with Gasteiger partial charge in [0, 0.05) is 5.39 Å². The Hall–Kier alpha value is -2.99. The lowest BCUT2D eigenvalue weighted by Gasteiger charge is -2.11. The second-order valence-electron chi connectivity index (χ2n) is 5.21. The first-order chi connectivity index (χ1) is 11.7. The molecule has 1 heterocycles. The van der Waals surface area contributed by atoms with E-state index in [1.54, 1.807) is 31.2 Å². The van der Waals surface area contributed by atoms with E-state index < -0.39 is 5.91 Å². The molecule has 1 aromatic heterocycles. The van der Waals surface area contributed by atoms with Crippen LogP contribution in [0, 0.1) is 0 Å². The summed E-state index contributed by atoms with van der Waals surface area (Å²) < 4.78 is 1.30. The van der Waals surface area contributed by atoms with Crippen LogP contribution in [0.25, 0.3) is 10.8 Å². The van der Waals surface area contributed by atoms with Crippen LogP contribution in [-0.2, 0) is 11.4 Å². The molecule has 2 aromatic carbocycles. The van der Waals surface area contributed by atoms with Gasteiger partial charge in [0.15, 0.2) is 5.69 Å². The number of nitrogens with one attached hydrogen (secondary N) is 1. The van der Waals surface area contributed by atoms with Gasteiger partial charge < -0.3 is 0 Å². The number of benzene rings is 2. The third-order valence-electron chi connectivity index (χ3n) is 3.57. The van der Waals surface area contributed by atoms with Gasteiger partial charge in [0.25, 0.3) is 11.5 Å². The topological polar surface area (TPSA) is 73.2 Å². The van der Waals surface area contributed by atoms with Crippen LogP contribution in [0.1, 0.15) is 23.0 Å². The van der Waals surface area contributed by atoms with Gasteiger partial charge in [0.1, 0.15) is 0 Å². The van der Waals surface area contributed by atoms with E-state index >= 15 is 0 Å². The normalized spacial score (nSPS) is 10.7. The Bertz CT molecular complexity index is 920. The minimum absolute atomic E-state index is 0.162. The minimum atomic E-state index is -0.477. The summed E-state index contributed by atoms with van der Waals surface area (Å²) in [6, 6.07) is 16.4. The average molecular weight is 323 g/mol. The fraction of sp³-hybridized carbons (Fsp3) is 0.167. The van der Waals surface area contributed by atoms with Crippen molar-refractivity contribution in [2.75, 3.05) is 6.61 Å². The lowest BCUT2D eigenvalue weighted by molar-refractivity contribution is 0.0360. The molecule has 1 amide bonds. The summed E-state index contributed by atoms with van der Waals surface area (Å²) in [5, 5.41) is 5.21. The standard InChI is InChI=1S/C18H17N3O3/c1-2-24-20-17(22)16-14-10-6-7-11-15(14)18(23)21(19-16)12-13-8-4-3-5-9-13/h3-11H,2,12H2,1H3,(H,20,22). The Morgan fingerprint density at radius 2 is 1.75 bits per heavy atom. The van der Waals surface area contributed by atoms with Crippen molar-refractivity contribution in [3.63, 3.8) is 0 Å². The summed E-state index contributed by atoms with van der Waals surface area (Å²) in [4.78, 5) is 29.9. The summed E-state index contributed by atoms with van der Waals surface area (Å²) in [6.07, 6.45) is 0. The molecule has 0 saturated heterocycles. The highest BCUT2D eigenvalue weighted by atomic mass is 16.6. The SMILES string of the molecule is CCONC(=O)c1nn(Cc2ccccc2)c(=O)c2ccccc12. The van der Waals surface area contributed by atoms with Crippen molar-refractivity contribution in [3.05, 3.63) is 76.2 Å². The highest BCUT2D eigenvalue weighted by molar-refractivity contribution is 6.04. The molecule has 0 aliphatic rings. The van der Waals surface area contributed by atoms with E-state index in [1.807, 2.05) is 30.3 Å². The van der Waals surface area contributed by atoms with Gasteiger partial charge in [-0.1, -0.05) is 48.5 Å². The van der Waals surface area contributed by atoms with Crippen LogP contribution in [0.4, 0.5) is 0 Å². The number of carbonyl (C=O) groups is 1. The number of hydrogen-bond donors (Lipinski definition) is 1. The van der Waals surface area contributed by atoms with Crippen molar-refractivity contribution < 1.29 is 9.63 Å². The summed E-state index contributed by atoms with van der Waals surface area (Å²) in [6.45, 7) is 2.40. The highest BCUT2D eigenvalue weighted by Gasteiger charge is 2.16. The third kappa shape index (κ3) is 3.18. The van der Waals surface area contributed by atoms with Gasteiger partial charge in [0.2, 0.25) is 0 Å². The average Bonchev–Trinajstić information content (AvgIpc) is 2.63. The van der Waals surface area contributed by atoms with E-state index in [-0.39, 0.29) is 11.3 Å². The molecule has 0 saturated carbocycles. The fourth-order valence-electron chi connectivity index (χ4n) is 2.45. The molecule has 0 fully saturated rings. The molecule has 0 aliphatic heterocycles. The van der Waals surface area contributed by atoms with E-state index in [1.165, 1.54) is 4.68 Å². The number of aromatic nitrogens is 2. The predicted molar refractivity (Wildman–Crippen MR) is 90.6 cm³/mol. The molecule has 0 spiro atoms. The Kier molecular flexibility index (Phi) is 4.67. The molecule has 122 valence electrons. The van der Waals surface area contributed by atoms with Crippen LogP contribution in [0.15, 0.2) is 59.4 Å². The Morgan fingerprint density at radius 1 is 1.08 bits per heavy atom. The van der Waals surface area contributed by atoms with Gasteiger partial charge in [-0.25, -0.2) is 10.2 Å². The van der Waals surface area contributed by atoms with Gasteiger partial charge >= 0.3 is 0 Å². The van der Waals surface area contributed by atoms with Gasteiger partial charge in [-0.2, -0.15) is 5.10 Å². The number of amides is 1. The Balaban J connectivity index is 2.11. The molecule has 6 heteroatoms. The van der Waals surface area contributed by atoms with E-state index in [2.05, 4.69) is 10.6 Å². The van der Waals surface area contributed by atoms with Crippen LogP contribution < -0.4 is 11.0 Å². The van der Waals surface area contributed by atoms with Gasteiger partial charge in [-0.05, 0) is 18.6 Å². The largest absolute Gasteiger partial charge is 0.295 e. The van der Waals surface area contributed by atoms with Gasteiger partial charge in [-0.15, -0.1) is 0 Å². The van der Waals surface area contributed by atoms with E-state index in [0.29, 0.717) is 23.9 Å². The monoisotopic (exact) mass is 323 g/mol. The molecule has 6 nitrogen and oxygen atoms in total. The molecule has 3 aromatic rings. The third-order valence-corrected chi connectivity index (χ3v) is 3.57. The number of hydrogen-bond acceptors (Lipinski definition) is 4. The molecule has 1 N–H and O–H groups in total. The van der Waals surface area contributed by atoms with Crippen LogP contribution in [-0.4, -0.2) is 22.3 Å². The van der Waals surface area contributed by atoms with Crippen molar-refractivity contribution >= 4 is 16.7 Å². The van der Waals surface area contributed by atoms with E-state index in [9.17, 15) is 9.59 Å².